The van der Waals surface area contributed by atoms with Gasteiger partial charge in [0, 0.05) is 35.4 Å². The van der Waals surface area contributed by atoms with Crippen molar-refractivity contribution in [1.29, 1.82) is 0 Å². The van der Waals surface area contributed by atoms with Gasteiger partial charge in [0.25, 0.3) is 0 Å². The van der Waals surface area contributed by atoms with E-state index in [4.69, 9.17) is 15.0 Å². The number of benzene rings is 2. The quantitative estimate of drug-likeness (QED) is 0.347. The van der Waals surface area contributed by atoms with E-state index in [9.17, 15) is 0 Å². The summed E-state index contributed by atoms with van der Waals surface area (Å²) in [6.45, 7) is 0. The second-order valence-electron chi connectivity index (χ2n) is 7.80. The van der Waals surface area contributed by atoms with Crippen molar-refractivity contribution >= 4 is 44.0 Å². The number of pyridine rings is 3. The molecule has 0 bridgehead atoms. The molecule has 5 heterocycles. The number of para-hydroxylation sites is 2. The lowest BCUT2D eigenvalue weighted by Crippen LogP contribution is -1.96. The maximum absolute atomic E-state index is 4.95. The predicted octanol–water partition coefficient (Wildman–Crippen LogP) is 6.07. The second kappa shape index (κ2) is 6.49. The number of rotatable bonds is 2. The zero-order valence-electron chi connectivity index (χ0n) is 17.1. The molecule has 0 aliphatic carbocycles. The molecule has 0 spiro atoms. The highest BCUT2D eigenvalue weighted by Gasteiger charge is 2.22. The molecule has 0 amide bonds. The van der Waals surface area contributed by atoms with Gasteiger partial charge in [0.15, 0.2) is 0 Å². The van der Waals surface area contributed by atoms with Crippen LogP contribution in [0.5, 0.6) is 0 Å². The molecule has 5 heteroatoms. The molecule has 150 valence electrons. The van der Waals surface area contributed by atoms with Crippen molar-refractivity contribution in [2.24, 2.45) is 0 Å². The predicted molar refractivity (Wildman–Crippen MR) is 129 cm³/mol. The highest BCUT2D eigenvalue weighted by Crippen LogP contribution is 2.39. The number of aromatic nitrogens is 5. The largest absolute Gasteiger partial charge is 0.307 e. The van der Waals surface area contributed by atoms with Crippen molar-refractivity contribution in [2.45, 2.75) is 0 Å². The van der Waals surface area contributed by atoms with Gasteiger partial charge in [-0.2, -0.15) is 0 Å². The number of hydrogen-bond acceptors (Lipinski definition) is 3. The molecule has 32 heavy (non-hydrogen) atoms. The van der Waals surface area contributed by atoms with Crippen LogP contribution in [0.3, 0.4) is 0 Å². The summed E-state index contributed by atoms with van der Waals surface area (Å²) in [4.78, 5) is 14.5. The van der Waals surface area contributed by atoms with Crippen molar-refractivity contribution in [2.75, 3.05) is 0 Å². The van der Waals surface area contributed by atoms with Gasteiger partial charge in [-0.1, -0.05) is 36.4 Å². The van der Waals surface area contributed by atoms with Crippen molar-refractivity contribution in [3.8, 4) is 11.4 Å². The van der Waals surface area contributed by atoms with Crippen LogP contribution in [0.4, 0.5) is 0 Å². The molecule has 0 saturated carbocycles. The fourth-order valence-corrected chi connectivity index (χ4v) is 4.76. The van der Waals surface area contributed by atoms with E-state index in [-0.39, 0.29) is 0 Å². The maximum Gasteiger partial charge on any atom is 0.149 e. The van der Waals surface area contributed by atoms with E-state index in [0.717, 1.165) is 55.4 Å². The summed E-state index contributed by atoms with van der Waals surface area (Å²) < 4.78 is 4.47. The summed E-state index contributed by atoms with van der Waals surface area (Å²) in [5.74, 6) is 0. The molecule has 5 aromatic heterocycles. The van der Waals surface area contributed by atoms with Gasteiger partial charge in [0.2, 0.25) is 0 Å². The molecule has 0 N–H and O–H groups in total. The van der Waals surface area contributed by atoms with Crippen LogP contribution in [0.25, 0.3) is 55.4 Å². The van der Waals surface area contributed by atoms with Gasteiger partial charge in [0.05, 0.1) is 27.5 Å². The Labute approximate surface area is 183 Å². The molecule has 0 fully saturated rings. The summed E-state index contributed by atoms with van der Waals surface area (Å²) in [7, 11) is 0. The maximum atomic E-state index is 4.95. The minimum atomic E-state index is 0.886. The van der Waals surface area contributed by atoms with E-state index in [0.29, 0.717) is 0 Å². The van der Waals surface area contributed by atoms with E-state index in [1.807, 2.05) is 55.0 Å². The summed E-state index contributed by atoms with van der Waals surface area (Å²) in [6.07, 6.45) is 5.64. The van der Waals surface area contributed by atoms with Crippen LogP contribution in [0, 0.1) is 0 Å². The van der Waals surface area contributed by atoms with Crippen LogP contribution in [0.2, 0.25) is 0 Å². The minimum absolute atomic E-state index is 0.886. The van der Waals surface area contributed by atoms with Gasteiger partial charge in [-0.25, -0.2) is 4.98 Å². The van der Waals surface area contributed by atoms with Crippen molar-refractivity contribution in [1.82, 2.24) is 24.1 Å². The van der Waals surface area contributed by atoms with Gasteiger partial charge in [0.1, 0.15) is 11.2 Å². The van der Waals surface area contributed by atoms with Gasteiger partial charge < -0.3 is 4.57 Å². The monoisotopic (exact) mass is 411 g/mol. The van der Waals surface area contributed by atoms with E-state index in [1.54, 1.807) is 0 Å². The Morgan fingerprint density at radius 2 is 1.12 bits per heavy atom. The SMILES string of the molecule is c1ccc(-n2c3cccnc3c3c2ncc2c4ncccc4n(-c4ccccc4)c23)cc1. The summed E-state index contributed by atoms with van der Waals surface area (Å²) >= 11 is 0. The van der Waals surface area contributed by atoms with Crippen LogP contribution in [0.1, 0.15) is 0 Å². The molecule has 0 aliphatic heterocycles. The van der Waals surface area contributed by atoms with E-state index in [2.05, 4.69) is 57.7 Å². The molecule has 0 unspecified atom stereocenters. The number of hydrogen-bond donors (Lipinski definition) is 0. The van der Waals surface area contributed by atoms with Crippen LogP contribution in [0.15, 0.2) is 104 Å². The molecule has 0 atom stereocenters. The lowest BCUT2D eigenvalue weighted by molar-refractivity contribution is 1.13. The van der Waals surface area contributed by atoms with E-state index < -0.39 is 0 Å². The molecular weight excluding hydrogens is 394 g/mol. The smallest absolute Gasteiger partial charge is 0.149 e. The Morgan fingerprint density at radius 3 is 1.81 bits per heavy atom. The van der Waals surface area contributed by atoms with Crippen molar-refractivity contribution in [3.05, 3.63) is 104 Å². The average Bonchev–Trinajstić information content (AvgIpc) is 3.38. The molecule has 0 radical (unpaired) electrons. The minimum Gasteiger partial charge on any atom is -0.307 e. The molecule has 0 aliphatic rings. The lowest BCUT2D eigenvalue weighted by Gasteiger charge is -2.08. The zero-order chi connectivity index (χ0) is 21.1. The van der Waals surface area contributed by atoms with Crippen LogP contribution < -0.4 is 0 Å². The van der Waals surface area contributed by atoms with E-state index in [1.165, 1.54) is 0 Å². The molecule has 5 nitrogen and oxygen atoms in total. The molecule has 0 saturated heterocycles. The fraction of sp³-hybridized carbons (Fsp3) is 0. The molecular formula is C27H17N5. The standard InChI is InChI=1S/C27H17N5/c1-3-9-18(10-4-1)31-21-13-7-15-28-24(21)20-17-30-27-23(26(20)31)25-22(14-8-16-29-25)32(27)19-11-5-2-6-12-19/h1-17H. The lowest BCUT2D eigenvalue weighted by atomic mass is 10.2. The van der Waals surface area contributed by atoms with Gasteiger partial charge in [-0.3, -0.25) is 14.5 Å². The highest BCUT2D eigenvalue weighted by molar-refractivity contribution is 6.23. The third-order valence-electron chi connectivity index (χ3n) is 6.04. The van der Waals surface area contributed by atoms with Crippen molar-refractivity contribution in [3.63, 3.8) is 0 Å². The average molecular weight is 411 g/mol. The van der Waals surface area contributed by atoms with Gasteiger partial charge >= 0.3 is 0 Å². The number of nitrogens with zero attached hydrogens (tertiary/aromatic N) is 5. The van der Waals surface area contributed by atoms with Crippen LogP contribution in [-0.2, 0) is 0 Å². The first-order valence-corrected chi connectivity index (χ1v) is 10.6. The molecule has 7 rings (SSSR count). The van der Waals surface area contributed by atoms with E-state index >= 15 is 0 Å². The topological polar surface area (TPSA) is 48.5 Å². The summed E-state index contributed by atoms with van der Waals surface area (Å²) in [5.41, 5.74) is 8.08. The van der Waals surface area contributed by atoms with Crippen molar-refractivity contribution < 1.29 is 0 Å². The molecule has 7 aromatic rings. The van der Waals surface area contributed by atoms with Gasteiger partial charge in [-0.15, -0.1) is 0 Å². The Bertz CT molecular complexity index is 1760. The van der Waals surface area contributed by atoms with Crippen LogP contribution >= 0.6 is 0 Å². The summed E-state index contributed by atoms with van der Waals surface area (Å²) in [6, 6.07) is 28.9. The van der Waals surface area contributed by atoms with Gasteiger partial charge in [-0.05, 0) is 48.5 Å². The Balaban J connectivity index is 1.77. The second-order valence-corrected chi connectivity index (χ2v) is 7.80. The molecule has 2 aromatic carbocycles. The Kier molecular flexibility index (Phi) is 3.49. The first-order chi connectivity index (χ1) is 15.9. The first-order valence-electron chi connectivity index (χ1n) is 10.6. The zero-order valence-corrected chi connectivity index (χ0v) is 17.1. The third kappa shape index (κ3) is 2.25. The Hall–Kier alpha value is -4.51. The third-order valence-corrected chi connectivity index (χ3v) is 6.04. The van der Waals surface area contributed by atoms with Crippen LogP contribution in [-0.4, -0.2) is 24.1 Å². The Morgan fingerprint density at radius 1 is 0.531 bits per heavy atom. The summed E-state index contributed by atoms with van der Waals surface area (Å²) in [5, 5.41) is 2.05. The normalized spacial score (nSPS) is 11.8. The number of fused-ring (bicyclic) bond motifs is 7. The highest BCUT2D eigenvalue weighted by atomic mass is 15.1. The first kappa shape index (κ1) is 17.2. The fourth-order valence-electron chi connectivity index (χ4n) is 4.76.